The van der Waals surface area contributed by atoms with Crippen molar-refractivity contribution in [3.63, 3.8) is 0 Å². The van der Waals surface area contributed by atoms with Crippen LogP contribution in [0.4, 0.5) is 5.69 Å². The monoisotopic (exact) mass is 369 g/mol. The van der Waals surface area contributed by atoms with Crippen molar-refractivity contribution in [3.8, 4) is 22.9 Å². The molecule has 138 valence electrons. The first-order valence-electron chi connectivity index (χ1n) is 8.96. The molecule has 0 saturated heterocycles. The Morgan fingerprint density at radius 1 is 0.786 bits per heavy atom. The molecule has 5 nitrogen and oxygen atoms in total. The smallest absolute Gasteiger partial charge is 0.258 e. The molecule has 1 aromatic heterocycles. The van der Waals surface area contributed by atoms with Crippen molar-refractivity contribution in [1.82, 2.24) is 10.2 Å². The van der Waals surface area contributed by atoms with Crippen LogP contribution in [0.5, 0.6) is 0 Å². The van der Waals surface area contributed by atoms with Gasteiger partial charge in [-0.1, -0.05) is 35.9 Å². The second kappa shape index (κ2) is 7.48. The average Bonchev–Trinajstić information content (AvgIpc) is 3.24. The Hall–Kier alpha value is -3.73. The van der Waals surface area contributed by atoms with Gasteiger partial charge in [0, 0.05) is 29.4 Å². The third-order valence-corrected chi connectivity index (χ3v) is 4.55. The molecule has 0 fully saturated rings. The van der Waals surface area contributed by atoms with E-state index in [0.29, 0.717) is 17.3 Å². The molecule has 0 saturated carbocycles. The fourth-order valence-electron chi connectivity index (χ4n) is 2.87. The second-order valence-corrected chi connectivity index (χ2v) is 6.56. The molecule has 0 N–H and O–H groups in total. The van der Waals surface area contributed by atoms with Gasteiger partial charge in [0.25, 0.3) is 5.91 Å². The third kappa shape index (κ3) is 3.55. The zero-order valence-corrected chi connectivity index (χ0v) is 15.7. The molecule has 5 heteroatoms. The van der Waals surface area contributed by atoms with E-state index in [1.54, 1.807) is 24.1 Å². The molecule has 4 aromatic rings. The molecule has 0 spiro atoms. The summed E-state index contributed by atoms with van der Waals surface area (Å²) in [5.41, 5.74) is 4.25. The first-order chi connectivity index (χ1) is 13.6. The quantitative estimate of drug-likeness (QED) is 0.508. The van der Waals surface area contributed by atoms with Gasteiger partial charge in [-0.15, -0.1) is 10.2 Å². The van der Waals surface area contributed by atoms with E-state index < -0.39 is 0 Å². The van der Waals surface area contributed by atoms with Crippen LogP contribution in [0.3, 0.4) is 0 Å². The van der Waals surface area contributed by atoms with Crippen molar-refractivity contribution in [1.29, 1.82) is 0 Å². The number of nitrogens with zero attached hydrogens (tertiary/aromatic N) is 3. The van der Waals surface area contributed by atoms with Gasteiger partial charge in [-0.2, -0.15) is 0 Å². The molecule has 0 unspecified atom stereocenters. The van der Waals surface area contributed by atoms with Gasteiger partial charge < -0.3 is 9.32 Å². The molecule has 1 amide bonds. The maximum absolute atomic E-state index is 12.7. The number of para-hydroxylation sites is 1. The molecular weight excluding hydrogens is 350 g/mol. The Morgan fingerprint density at radius 3 is 1.89 bits per heavy atom. The molecule has 0 atom stereocenters. The molecule has 3 aromatic carbocycles. The highest BCUT2D eigenvalue weighted by Gasteiger charge is 2.15. The van der Waals surface area contributed by atoms with Crippen molar-refractivity contribution in [3.05, 3.63) is 90.0 Å². The molecule has 0 aliphatic heterocycles. The fraction of sp³-hybridized carbons (Fsp3) is 0.0870. The number of hydrogen-bond acceptors (Lipinski definition) is 4. The number of carbonyl (C=O) groups is 1. The summed E-state index contributed by atoms with van der Waals surface area (Å²) in [5, 5.41) is 8.26. The SMILES string of the molecule is Cc1ccc(-c2nnc(-c3ccc(C(=O)N(C)c4ccccc4)cc3)o2)cc1. The zero-order valence-electron chi connectivity index (χ0n) is 15.7. The van der Waals surface area contributed by atoms with Crippen LogP contribution in [0.1, 0.15) is 15.9 Å². The Morgan fingerprint density at radius 2 is 1.32 bits per heavy atom. The van der Waals surface area contributed by atoms with E-state index in [2.05, 4.69) is 10.2 Å². The van der Waals surface area contributed by atoms with E-state index >= 15 is 0 Å². The maximum Gasteiger partial charge on any atom is 0.258 e. The van der Waals surface area contributed by atoms with Crippen LogP contribution >= 0.6 is 0 Å². The van der Waals surface area contributed by atoms with E-state index in [1.165, 1.54) is 5.56 Å². The standard InChI is InChI=1S/C23H19N3O2/c1-16-8-10-17(11-9-16)21-24-25-22(28-21)18-12-14-19(15-13-18)23(27)26(2)20-6-4-3-5-7-20/h3-15H,1-2H3. The number of rotatable bonds is 4. The summed E-state index contributed by atoms with van der Waals surface area (Å²) in [4.78, 5) is 14.3. The number of amides is 1. The van der Waals surface area contributed by atoms with Gasteiger partial charge in [0.1, 0.15) is 0 Å². The van der Waals surface area contributed by atoms with Gasteiger partial charge in [-0.3, -0.25) is 4.79 Å². The van der Waals surface area contributed by atoms with Crippen LogP contribution in [0.2, 0.25) is 0 Å². The lowest BCUT2D eigenvalue weighted by molar-refractivity contribution is 0.0993. The van der Waals surface area contributed by atoms with Gasteiger partial charge in [-0.05, 0) is 55.5 Å². The molecule has 4 rings (SSSR count). The van der Waals surface area contributed by atoms with Crippen molar-refractivity contribution >= 4 is 11.6 Å². The minimum absolute atomic E-state index is 0.0800. The highest BCUT2D eigenvalue weighted by molar-refractivity contribution is 6.05. The van der Waals surface area contributed by atoms with Crippen LogP contribution in [-0.2, 0) is 0 Å². The first-order valence-corrected chi connectivity index (χ1v) is 8.96. The van der Waals surface area contributed by atoms with Crippen LogP contribution < -0.4 is 4.90 Å². The van der Waals surface area contributed by atoms with Gasteiger partial charge in [0.15, 0.2) is 0 Å². The first kappa shape index (κ1) is 17.7. The van der Waals surface area contributed by atoms with E-state index in [1.807, 2.05) is 73.7 Å². The van der Waals surface area contributed by atoms with Crippen LogP contribution in [0.25, 0.3) is 22.9 Å². The summed E-state index contributed by atoms with van der Waals surface area (Å²) in [6.45, 7) is 2.03. The van der Waals surface area contributed by atoms with Crippen molar-refractivity contribution in [2.45, 2.75) is 6.92 Å². The predicted molar refractivity (Wildman–Crippen MR) is 109 cm³/mol. The number of aromatic nitrogens is 2. The summed E-state index contributed by atoms with van der Waals surface area (Å²) in [5.74, 6) is 0.813. The summed E-state index contributed by atoms with van der Waals surface area (Å²) >= 11 is 0. The van der Waals surface area contributed by atoms with Crippen LogP contribution in [0.15, 0.2) is 83.3 Å². The van der Waals surface area contributed by atoms with Gasteiger partial charge >= 0.3 is 0 Å². The number of aryl methyl sites for hydroxylation is 1. The minimum atomic E-state index is -0.0800. The van der Waals surface area contributed by atoms with E-state index in [4.69, 9.17) is 4.42 Å². The fourth-order valence-corrected chi connectivity index (χ4v) is 2.87. The summed E-state index contributed by atoms with van der Waals surface area (Å²) in [6.07, 6.45) is 0. The summed E-state index contributed by atoms with van der Waals surface area (Å²) < 4.78 is 5.80. The summed E-state index contributed by atoms with van der Waals surface area (Å²) in [6, 6.07) is 24.6. The van der Waals surface area contributed by atoms with Gasteiger partial charge in [0.05, 0.1) is 0 Å². The predicted octanol–water partition coefficient (Wildman–Crippen LogP) is 4.99. The van der Waals surface area contributed by atoms with Crippen LogP contribution in [-0.4, -0.2) is 23.2 Å². The van der Waals surface area contributed by atoms with Gasteiger partial charge in [-0.25, -0.2) is 0 Å². The third-order valence-electron chi connectivity index (χ3n) is 4.55. The highest BCUT2D eigenvalue weighted by atomic mass is 16.4. The number of hydrogen-bond donors (Lipinski definition) is 0. The molecule has 1 heterocycles. The molecule has 0 aliphatic carbocycles. The molecule has 0 bridgehead atoms. The molecular formula is C23H19N3O2. The number of anilines is 1. The maximum atomic E-state index is 12.7. The van der Waals surface area contributed by atoms with Crippen molar-refractivity contribution in [2.75, 3.05) is 11.9 Å². The average molecular weight is 369 g/mol. The highest BCUT2D eigenvalue weighted by Crippen LogP contribution is 2.25. The second-order valence-electron chi connectivity index (χ2n) is 6.56. The minimum Gasteiger partial charge on any atom is -0.416 e. The number of carbonyl (C=O) groups excluding carboxylic acids is 1. The Bertz CT molecular complexity index is 1080. The Kier molecular flexibility index (Phi) is 4.72. The van der Waals surface area contributed by atoms with Crippen molar-refractivity contribution in [2.24, 2.45) is 0 Å². The molecule has 0 aliphatic rings. The lowest BCUT2D eigenvalue weighted by Crippen LogP contribution is -2.25. The molecule has 28 heavy (non-hydrogen) atoms. The lowest BCUT2D eigenvalue weighted by atomic mass is 10.1. The lowest BCUT2D eigenvalue weighted by Gasteiger charge is -2.17. The summed E-state index contributed by atoms with van der Waals surface area (Å²) in [7, 11) is 1.76. The van der Waals surface area contributed by atoms with Crippen molar-refractivity contribution < 1.29 is 9.21 Å². The van der Waals surface area contributed by atoms with Crippen LogP contribution in [0, 0.1) is 6.92 Å². The van der Waals surface area contributed by atoms with E-state index in [-0.39, 0.29) is 5.91 Å². The number of benzene rings is 3. The van der Waals surface area contributed by atoms with E-state index in [0.717, 1.165) is 16.8 Å². The topological polar surface area (TPSA) is 59.2 Å². The normalized spacial score (nSPS) is 10.6. The van der Waals surface area contributed by atoms with E-state index in [9.17, 15) is 4.79 Å². The Labute approximate surface area is 163 Å². The zero-order chi connectivity index (χ0) is 19.5. The largest absolute Gasteiger partial charge is 0.416 e. The van der Waals surface area contributed by atoms with Gasteiger partial charge in [0.2, 0.25) is 11.8 Å². The molecule has 0 radical (unpaired) electrons. The Balaban J connectivity index is 1.54.